The molecule has 0 spiro atoms. The predicted molar refractivity (Wildman–Crippen MR) is 348 cm³/mol. The maximum Gasteiger partial charge on any atom is 0.306 e. The molecule has 80 heavy (non-hydrogen) atoms. The Morgan fingerprint density at radius 2 is 0.487 bits per heavy atom. The Morgan fingerprint density at radius 1 is 0.263 bits per heavy atom. The van der Waals surface area contributed by atoms with E-state index in [0.717, 1.165) is 96.3 Å². The number of rotatable bonds is 63. The summed E-state index contributed by atoms with van der Waals surface area (Å²) in [5.41, 5.74) is 0. The van der Waals surface area contributed by atoms with Crippen molar-refractivity contribution in [3.8, 4) is 0 Å². The van der Waals surface area contributed by atoms with Gasteiger partial charge in [0.2, 0.25) is 0 Å². The van der Waals surface area contributed by atoms with Crippen LogP contribution in [0.3, 0.4) is 0 Å². The van der Waals surface area contributed by atoms with Gasteiger partial charge in [0.25, 0.3) is 0 Å². The number of carbonyl (C=O) groups is 3. The average molecular weight is 1120 g/mol. The molecule has 0 bridgehead atoms. The molecule has 1 atom stereocenters. The Hall–Kier alpha value is -3.41. The van der Waals surface area contributed by atoms with Crippen LogP contribution in [-0.2, 0) is 28.6 Å². The maximum atomic E-state index is 13.0. The van der Waals surface area contributed by atoms with Gasteiger partial charge in [0.05, 0.1) is 0 Å². The Bertz CT molecular complexity index is 1520. The number of carbonyl (C=O) groups excluding carboxylic acids is 3. The first-order chi connectivity index (χ1) is 39.5. The molecule has 0 amide bonds. The first kappa shape index (κ1) is 76.6. The van der Waals surface area contributed by atoms with Crippen molar-refractivity contribution in [3.63, 3.8) is 0 Å². The first-order valence-corrected chi connectivity index (χ1v) is 34.6. The number of esters is 3. The van der Waals surface area contributed by atoms with E-state index in [4.69, 9.17) is 14.2 Å². The molecule has 0 rings (SSSR count). The molecule has 6 nitrogen and oxygen atoms in total. The summed E-state index contributed by atoms with van der Waals surface area (Å²) in [7, 11) is 0. The maximum absolute atomic E-state index is 13.0. The van der Waals surface area contributed by atoms with Gasteiger partial charge in [0, 0.05) is 19.3 Å². The van der Waals surface area contributed by atoms with Gasteiger partial charge in [-0.3, -0.25) is 14.4 Å². The topological polar surface area (TPSA) is 78.9 Å². The Balaban J connectivity index is 4.43. The lowest BCUT2D eigenvalue weighted by Gasteiger charge is -2.18. The van der Waals surface area contributed by atoms with Gasteiger partial charge in [-0.05, 0) is 96.3 Å². The van der Waals surface area contributed by atoms with Gasteiger partial charge in [0.1, 0.15) is 13.2 Å². The van der Waals surface area contributed by atoms with Gasteiger partial charge in [-0.2, -0.15) is 0 Å². The summed E-state index contributed by atoms with van der Waals surface area (Å²) in [4.78, 5) is 38.4. The number of allylic oxidation sites excluding steroid dienone is 14. The summed E-state index contributed by atoms with van der Waals surface area (Å²) >= 11 is 0. The number of ether oxygens (including phenoxy) is 3. The second kappa shape index (κ2) is 68.1. The van der Waals surface area contributed by atoms with Crippen molar-refractivity contribution in [3.05, 3.63) is 85.1 Å². The first-order valence-electron chi connectivity index (χ1n) is 34.6. The van der Waals surface area contributed by atoms with E-state index in [0.29, 0.717) is 19.3 Å². The smallest absolute Gasteiger partial charge is 0.306 e. The van der Waals surface area contributed by atoms with Gasteiger partial charge in [-0.25, -0.2) is 0 Å². The molecule has 0 aliphatic rings. The Labute approximate surface area is 496 Å². The third-order valence-electron chi connectivity index (χ3n) is 15.1. The largest absolute Gasteiger partial charge is 0.462 e. The molecule has 0 saturated carbocycles. The van der Waals surface area contributed by atoms with Gasteiger partial charge >= 0.3 is 17.9 Å². The van der Waals surface area contributed by atoms with Gasteiger partial charge in [-0.15, -0.1) is 0 Å². The lowest BCUT2D eigenvalue weighted by atomic mass is 10.0. The van der Waals surface area contributed by atoms with Crippen LogP contribution >= 0.6 is 0 Å². The minimum atomic E-state index is -0.797. The summed E-state index contributed by atoms with van der Waals surface area (Å²) in [5, 5.41) is 0. The molecular formula is C74H130O6. The van der Waals surface area contributed by atoms with Crippen LogP contribution in [0.15, 0.2) is 85.1 Å². The van der Waals surface area contributed by atoms with E-state index in [-0.39, 0.29) is 31.1 Å². The highest BCUT2D eigenvalue weighted by Gasteiger charge is 2.19. The fraction of sp³-hybridized carbons (Fsp3) is 0.770. The van der Waals surface area contributed by atoms with Crippen molar-refractivity contribution in [2.45, 2.75) is 354 Å². The minimum absolute atomic E-state index is 0.0880. The van der Waals surface area contributed by atoms with Crippen molar-refractivity contribution in [2.75, 3.05) is 13.2 Å². The summed E-state index contributed by atoms with van der Waals surface area (Å²) in [6.07, 6.45) is 90.3. The van der Waals surface area contributed by atoms with Crippen molar-refractivity contribution in [2.24, 2.45) is 0 Å². The van der Waals surface area contributed by atoms with E-state index in [1.54, 1.807) is 0 Å². The molecule has 1 unspecified atom stereocenters. The zero-order valence-electron chi connectivity index (χ0n) is 53.1. The highest BCUT2D eigenvalue weighted by Crippen LogP contribution is 2.17. The molecule has 0 aromatic carbocycles. The SMILES string of the molecule is CC/C=C\C/C=C\C/C=C\C/C=C\C/C=C\C/C=C\CCCCC(=O)OCC(COC(=O)CCCCCCCCCCCCCCCCCCCCCC)OC(=O)CCCCCCCCCCC/C=C\CCCCCCCCCC. The van der Waals surface area contributed by atoms with E-state index in [1.165, 1.54) is 212 Å². The van der Waals surface area contributed by atoms with E-state index < -0.39 is 6.10 Å². The molecular weight excluding hydrogens is 985 g/mol. The fourth-order valence-electron chi connectivity index (χ4n) is 9.97. The van der Waals surface area contributed by atoms with Crippen molar-refractivity contribution >= 4 is 17.9 Å². The zero-order valence-corrected chi connectivity index (χ0v) is 53.1. The Kier molecular flexibility index (Phi) is 65.2. The van der Waals surface area contributed by atoms with E-state index in [9.17, 15) is 14.4 Å². The summed E-state index contributed by atoms with van der Waals surface area (Å²) in [5.74, 6) is -0.916. The summed E-state index contributed by atoms with van der Waals surface area (Å²) < 4.78 is 17.0. The van der Waals surface area contributed by atoms with Crippen LogP contribution in [0, 0.1) is 0 Å². The van der Waals surface area contributed by atoms with Crippen LogP contribution in [0.5, 0.6) is 0 Å². The van der Waals surface area contributed by atoms with Crippen molar-refractivity contribution < 1.29 is 28.6 Å². The van der Waals surface area contributed by atoms with Crippen molar-refractivity contribution in [1.82, 2.24) is 0 Å². The lowest BCUT2D eigenvalue weighted by Crippen LogP contribution is -2.30. The molecule has 6 heteroatoms. The fourth-order valence-corrected chi connectivity index (χ4v) is 9.97. The van der Waals surface area contributed by atoms with Crippen LogP contribution in [0.25, 0.3) is 0 Å². The normalized spacial score (nSPS) is 12.6. The molecule has 0 aliphatic carbocycles. The van der Waals surface area contributed by atoms with E-state index in [2.05, 4.69) is 106 Å². The Morgan fingerprint density at radius 3 is 0.800 bits per heavy atom. The molecule has 0 aromatic heterocycles. The second-order valence-corrected chi connectivity index (χ2v) is 23.1. The minimum Gasteiger partial charge on any atom is -0.462 e. The lowest BCUT2D eigenvalue weighted by molar-refractivity contribution is -0.167. The van der Waals surface area contributed by atoms with E-state index >= 15 is 0 Å². The molecule has 0 radical (unpaired) electrons. The van der Waals surface area contributed by atoms with Crippen LogP contribution < -0.4 is 0 Å². The van der Waals surface area contributed by atoms with Crippen molar-refractivity contribution in [1.29, 1.82) is 0 Å². The molecule has 0 aliphatic heterocycles. The predicted octanol–water partition coefficient (Wildman–Crippen LogP) is 23.8. The molecule has 0 fully saturated rings. The third kappa shape index (κ3) is 65.4. The molecule has 0 heterocycles. The number of unbranched alkanes of at least 4 members (excludes halogenated alkanes) is 38. The monoisotopic (exact) mass is 1110 g/mol. The van der Waals surface area contributed by atoms with Crippen LogP contribution in [0.2, 0.25) is 0 Å². The molecule has 0 N–H and O–H groups in total. The van der Waals surface area contributed by atoms with Crippen LogP contribution in [0.1, 0.15) is 348 Å². The van der Waals surface area contributed by atoms with Crippen LogP contribution in [-0.4, -0.2) is 37.2 Å². The standard InChI is InChI=1S/C74H130O6/c1-4-7-10-13-16-19-22-25-28-31-34-37-40-43-46-49-52-55-58-61-64-67-73(76)79-70-71(69-78-72(75)66-63-60-57-54-51-48-45-42-39-36-33-30-27-24-21-18-15-12-9-6-3)80-74(77)68-65-62-59-56-53-50-47-44-41-38-35-32-29-26-23-20-17-14-11-8-5-2/h7,10,16,19,25,28,32,34-35,37,43,46,52,55,71H,4-6,8-9,11-15,17-18,20-24,26-27,29-31,33,36,38-42,44-45,47-51,53-54,56-70H2,1-3H3/b10-7-,19-16-,28-25-,35-32-,37-34-,46-43-,55-52-. The summed E-state index contributed by atoms with van der Waals surface area (Å²) in [6, 6.07) is 0. The molecule has 462 valence electrons. The highest BCUT2D eigenvalue weighted by molar-refractivity contribution is 5.71. The molecule has 0 saturated heterocycles. The number of hydrogen-bond acceptors (Lipinski definition) is 6. The van der Waals surface area contributed by atoms with Gasteiger partial charge in [0.15, 0.2) is 6.10 Å². The third-order valence-corrected chi connectivity index (χ3v) is 15.1. The second-order valence-electron chi connectivity index (χ2n) is 23.1. The van der Waals surface area contributed by atoms with Gasteiger partial charge < -0.3 is 14.2 Å². The summed E-state index contributed by atoms with van der Waals surface area (Å²) in [6.45, 7) is 6.54. The van der Waals surface area contributed by atoms with Gasteiger partial charge in [-0.1, -0.05) is 318 Å². The quantitative estimate of drug-likeness (QED) is 0.0261. The molecule has 0 aromatic rings. The highest BCUT2D eigenvalue weighted by atomic mass is 16.6. The van der Waals surface area contributed by atoms with Crippen LogP contribution in [0.4, 0.5) is 0 Å². The van der Waals surface area contributed by atoms with E-state index in [1.807, 2.05) is 0 Å². The number of hydrogen-bond donors (Lipinski definition) is 0. The average Bonchev–Trinajstić information content (AvgIpc) is 3.46. The zero-order chi connectivity index (χ0) is 57.8.